The molecule has 5 aliphatic rings. The molecule has 2 heterocycles. The van der Waals surface area contributed by atoms with Crippen LogP contribution in [-0.2, 0) is 9.53 Å². The molecule has 0 amide bonds. The number of hydrogen-bond donors (Lipinski definition) is 4. The molecule has 28 heavy (non-hydrogen) atoms. The first-order valence-corrected chi connectivity index (χ1v) is 10.2. The van der Waals surface area contributed by atoms with Crippen molar-refractivity contribution in [3.8, 4) is 0 Å². The second-order valence-corrected chi connectivity index (χ2v) is 10.1. The molecule has 0 aromatic heterocycles. The lowest BCUT2D eigenvalue weighted by atomic mass is 9.35. The first-order chi connectivity index (χ1) is 12.9. The maximum atomic E-state index is 13.2. The molecular weight excluding hydrogens is 360 g/mol. The SMILES string of the molecule is C=C(C)[C@@H]1CC[C@H]2[C@]34C=C[C@H](O)C(C)(C)[C@H]3[C@H](O)[C@](O)(OC4)[C@@]2(C(C)=O)[C@@H]1O. The first kappa shape index (κ1) is 20.2. The number of carbonyl (C=O) groups excluding carboxylic acids is 1. The minimum atomic E-state index is -2.22. The molecule has 1 spiro atoms. The lowest BCUT2D eigenvalue weighted by Gasteiger charge is -2.74. The van der Waals surface area contributed by atoms with Crippen molar-refractivity contribution >= 4 is 5.78 Å². The normalized spacial score (nSPS) is 54.0. The summed E-state index contributed by atoms with van der Waals surface area (Å²) in [6.45, 7) is 11.0. The maximum absolute atomic E-state index is 13.2. The van der Waals surface area contributed by atoms with Crippen LogP contribution >= 0.6 is 0 Å². The molecule has 0 aromatic carbocycles. The molecule has 4 N–H and O–H groups in total. The molecule has 9 atom stereocenters. The largest absolute Gasteiger partial charge is 0.391 e. The van der Waals surface area contributed by atoms with E-state index in [9.17, 15) is 25.2 Å². The van der Waals surface area contributed by atoms with Crippen LogP contribution in [0.1, 0.15) is 40.5 Å². The van der Waals surface area contributed by atoms with Crippen LogP contribution in [-0.4, -0.2) is 56.9 Å². The van der Waals surface area contributed by atoms with Crippen LogP contribution in [0.5, 0.6) is 0 Å². The number of rotatable bonds is 2. The molecule has 6 heteroatoms. The lowest BCUT2D eigenvalue weighted by molar-refractivity contribution is -0.442. The average Bonchev–Trinajstić information content (AvgIpc) is 2.60. The van der Waals surface area contributed by atoms with Gasteiger partial charge in [0.25, 0.3) is 0 Å². The zero-order valence-electron chi connectivity index (χ0n) is 17.1. The van der Waals surface area contributed by atoms with Crippen LogP contribution in [0.15, 0.2) is 24.3 Å². The lowest BCUT2D eigenvalue weighted by Crippen LogP contribution is -2.85. The number of fused-ring (bicyclic) bond motifs is 1. The van der Waals surface area contributed by atoms with Crippen molar-refractivity contribution in [2.24, 2.45) is 34.0 Å². The van der Waals surface area contributed by atoms with E-state index in [0.29, 0.717) is 12.8 Å². The third-order valence-electron chi connectivity index (χ3n) is 8.61. The number of hydrogen-bond acceptors (Lipinski definition) is 6. The maximum Gasteiger partial charge on any atom is 0.208 e. The summed E-state index contributed by atoms with van der Waals surface area (Å²) >= 11 is 0. The number of ketones is 1. The highest BCUT2D eigenvalue weighted by atomic mass is 16.6. The minimum absolute atomic E-state index is 0.141. The van der Waals surface area contributed by atoms with Crippen molar-refractivity contribution in [2.75, 3.05) is 6.61 Å². The summed E-state index contributed by atoms with van der Waals surface area (Å²) in [5, 5.41) is 45.1. The van der Waals surface area contributed by atoms with Gasteiger partial charge in [0.15, 0.2) is 0 Å². The highest BCUT2D eigenvalue weighted by Gasteiger charge is 2.82. The van der Waals surface area contributed by atoms with Gasteiger partial charge in [0.1, 0.15) is 17.3 Å². The predicted molar refractivity (Wildman–Crippen MR) is 102 cm³/mol. The Balaban J connectivity index is 2.00. The van der Waals surface area contributed by atoms with Crippen molar-refractivity contribution < 1.29 is 30.0 Å². The summed E-state index contributed by atoms with van der Waals surface area (Å²) < 4.78 is 5.86. The van der Waals surface area contributed by atoms with Gasteiger partial charge in [0.2, 0.25) is 5.79 Å². The molecule has 3 aliphatic carbocycles. The summed E-state index contributed by atoms with van der Waals surface area (Å²) in [6, 6.07) is 0. The molecule has 2 bridgehead atoms. The second-order valence-electron chi connectivity index (χ2n) is 10.1. The van der Waals surface area contributed by atoms with Crippen molar-refractivity contribution in [2.45, 2.75) is 64.6 Å². The van der Waals surface area contributed by atoms with Gasteiger partial charge in [-0.05, 0) is 32.6 Å². The highest BCUT2D eigenvalue weighted by molar-refractivity contribution is 5.86. The van der Waals surface area contributed by atoms with Crippen molar-refractivity contribution in [1.82, 2.24) is 0 Å². The molecule has 2 saturated heterocycles. The Morgan fingerprint density at radius 3 is 2.36 bits per heavy atom. The van der Waals surface area contributed by atoms with Crippen LogP contribution in [0.3, 0.4) is 0 Å². The van der Waals surface area contributed by atoms with Gasteiger partial charge in [-0.2, -0.15) is 0 Å². The minimum Gasteiger partial charge on any atom is -0.391 e. The molecule has 0 radical (unpaired) electrons. The molecule has 156 valence electrons. The van der Waals surface area contributed by atoms with Crippen molar-refractivity contribution in [3.05, 3.63) is 24.3 Å². The van der Waals surface area contributed by atoms with Gasteiger partial charge in [-0.3, -0.25) is 4.79 Å². The standard InChI is InChI=1S/C22H32O6/c1-11(2)13-6-7-14-20-9-8-15(24)19(4,5)16(20)18(26)22(27,28-10-20)21(14,12(3)23)17(13)25/h8-9,13-18,24-27H,1,6-7,10H2,2-5H3/t13-,14-,15-,16+,17+,18-,20+,21+,22-/m0/s1. The third-order valence-corrected chi connectivity index (χ3v) is 8.61. The van der Waals surface area contributed by atoms with E-state index >= 15 is 0 Å². The summed E-state index contributed by atoms with van der Waals surface area (Å²) in [5.74, 6) is -3.87. The number of aliphatic hydroxyl groups is 4. The van der Waals surface area contributed by atoms with E-state index in [0.717, 1.165) is 5.57 Å². The van der Waals surface area contributed by atoms with Gasteiger partial charge < -0.3 is 25.2 Å². The summed E-state index contributed by atoms with van der Waals surface area (Å²) in [7, 11) is 0. The zero-order chi connectivity index (χ0) is 20.9. The average molecular weight is 392 g/mol. The van der Waals surface area contributed by atoms with E-state index < -0.39 is 52.2 Å². The molecule has 2 saturated carbocycles. The topological polar surface area (TPSA) is 107 Å². The number of ether oxygens (including phenoxy) is 1. The van der Waals surface area contributed by atoms with Crippen LogP contribution in [0.25, 0.3) is 0 Å². The van der Waals surface area contributed by atoms with E-state index in [1.54, 1.807) is 6.08 Å². The molecule has 6 nitrogen and oxygen atoms in total. The predicted octanol–water partition coefficient (Wildman–Crippen LogP) is 1.18. The van der Waals surface area contributed by atoms with Gasteiger partial charge in [-0.25, -0.2) is 0 Å². The fourth-order valence-electron chi connectivity index (χ4n) is 7.31. The van der Waals surface area contributed by atoms with Crippen LogP contribution in [0.4, 0.5) is 0 Å². The molecule has 2 aliphatic heterocycles. The Morgan fingerprint density at radius 1 is 1.14 bits per heavy atom. The molecule has 0 unspecified atom stereocenters. The smallest absolute Gasteiger partial charge is 0.208 e. The molecule has 0 aromatic rings. The first-order valence-electron chi connectivity index (χ1n) is 10.2. The van der Waals surface area contributed by atoms with E-state index in [4.69, 9.17) is 4.74 Å². The van der Waals surface area contributed by atoms with Crippen LogP contribution in [0, 0.1) is 34.0 Å². The van der Waals surface area contributed by atoms with E-state index in [-0.39, 0.29) is 18.3 Å². The number of Topliss-reactive ketones (excluding diaryl/α,β-unsaturated/α-hetero) is 1. The fourth-order valence-corrected chi connectivity index (χ4v) is 7.31. The Kier molecular flexibility index (Phi) is 4.16. The Bertz CT molecular complexity index is 758. The van der Waals surface area contributed by atoms with Gasteiger partial charge in [0.05, 0.1) is 18.8 Å². The van der Waals surface area contributed by atoms with E-state index in [1.807, 2.05) is 26.8 Å². The summed E-state index contributed by atoms with van der Waals surface area (Å²) in [5.41, 5.74) is -2.38. The Morgan fingerprint density at radius 2 is 1.79 bits per heavy atom. The van der Waals surface area contributed by atoms with Gasteiger partial charge in [-0.1, -0.05) is 38.2 Å². The fraction of sp³-hybridized carbons (Fsp3) is 0.773. The Labute approximate surface area is 165 Å². The second kappa shape index (κ2) is 5.76. The Hall–Kier alpha value is -1.05. The van der Waals surface area contributed by atoms with Gasteiger partial charge in [-0.15, -0.1) is 0 Å². The van der Waals surface area contributed by atoms with E-state index in [1.165, 1.54) is 6.92 Å². The van der Waals surface area contributed by atoms with Crippen molar-refractivity contribution in [3.63, 3.8) is 0 Å². The molecular formula is C22H32O6. The van der Waals surface area contributed by atoms with E-state index in [2.05, 4.69) is 6.58 Å². The van der Waals surface area contributed by atoms with Crippen molar-refractivity contribution in [1.29, 1.82) is 0 Å². The number of aliphatic hydroxyl groups excluding tert-OH is 3. The van der Waals surface area contributed by atoms with Gasteiger partial charge in [0, 0.05) is 22.7 Å². The summed E-state index contributed by atoms with van der Waals surface area (Å²) in [6.07, 6.45) is 1.41. The summed E-state index contributed by atoms with van der Waals surface area (Å²) in [4.78, 5) is 13.2. The molecule has 5 rings (SSSR count). The van der Waals surface area contributed by atoms with Crippen LogP contribution in [0.2, 0.25) is 0 Å². The highest BCUT2D eigenvalue weighted by Crippen LogP contribution is 2.73. The number of carbonyl (C=O) groups is 1. The quantitative estimate of drug-likeness (QED) is 0.526. The van der Waals surface area contributed by atoms with Gasteiger partial charge >= 0.3 is 0 Å². The van der Waals surface area contributed by atoms with Crippen LogP contribution < -0.4 is 0 Å². The third kappa shape index (κ3) is 1.94. The zero-order valence-corrected chi connectivity index (χ0v) is 17.1. The monoisotopic (exact) mass is 392 g/mol. The molecule has 4 fully saturated rings.